The van der Waals surface area contributed by atoms with Gasteiger partial charge < -0.3 is 15.7 Å². The number of likely N-dealkylation sites (tertiary alicyclic amines) is 1. The van der Waals surface area contributed by atoms with Crippen LogP contribution in [0.3, 0.4) is 0 Å². The van der Waals surface area contributed by atoms with Crippen molar-refractivity contribution in [3.63, 3.8) is 0 Å². The summed E-state index contributed by atoms with van der Waals surface area (Å²) in [5.41, 5.74) is 4.92. The molecule has 1 amide bonds. The largest absolute Gasteiger partial charge is 0.386 e. The molecular formula is C11H22N2O2. The highest BCUT2D eigenvalue weighted by molar-refractivity contribution is 5.77. The summed E-state index contributed by atoms with van der Waals surface area (Å²) in [7, 11) is 0. The minimum atomic E-state index is -0.663. The molecule has 88 valence electrons. The lowest BCUT2D eigenvalue weighted by molar-refractivity contribution is -0.163. The van der Waals surface area contributed by atoms with Gasteiger partial charge in [-0.2, -0.15) is 0 Å². The van der Waals surface area contributed by atoms with Crippen LogP contribution in [0.25, 0.3) is 0 Å². The number of amides is 1. The van der Waals surface area contributed by atoms with Crippen molar-refractivity contribution in [2.75, 3.05) is 13.1 Å². The van der Waals surface area contributed by atoms with Crippen LogP contribution in [0.1, 0.15) is 33.6 Å². The molecule has 0 radical (unpaired) electrons. The molecule has 0 bridgehead atoms. The summed E-state index contributed by atoms with van der Waals surface area (Å²) in [4.78, 5) is 13.3. The van der Waals surface area contributed by atoms with Crippen LogP contribution >= 0.6 is 0 Å². The molecule has 1 fully saturated rings. The lowest BCUT2D eigenvalue weighted by Gasteiger charge is -2.49. The second kappa shape index (κ2) is 4.49. The van der Waals surface area contributed by atoms with Gasteiger partial charge in [0.2, 0.25) is 5.91 Å². The number of carbonyl (C=O) groups is 1. The fourth-order valence-electron chi connectivity index (χ4n) is 1.67. The van der Waals surface area contributed by atoms with Gasteiger partial charge in [-0.05, 0) is 19.3 Å². The minimum Gasteiger partial charge on any atom is -0.386 e. The normalized spacial score (nSPS) is 21.3. The molecule has 0 aliphatic carbocycles. The second-order valence-corrected chi connectivity index (χ2v) is 5.02. The van der Waals surface area contributed by atoms with Crippen molar-refractivity contribution in [2.24, 2.45) is 11.7 Å². The Labute approximate surface area is 91.4 Å². The molecule has 1 heterocycles. The van der Waals surface area contributed by atoms with Crippen molar-refractivity contribution in [3.05, 3.63) is 0 Å². The van der Waals surface area contributed by atoms with Crippen LogP contribution in [-0.4, -0.2) is 40.6 Å². The summed E-state index contributed by atoms with van der Waals surface area (Å²) in [6.45, 7) is 6.80. The Morgan fingerprint density at radius 1 is 1.47 bits per heavy atom. The first kappa shape index (κ1) is 12.5. The highest BCUT2D eigenvalue weighted by atomic mass is 16.3. The summed E-state index contributed by atoms with van der Waals surface area (Å²) in [5, 5.41) is 9.97. The first-order valence-electron chi connectivity index (χ1n) is 5.61. The van der Waals surface area contributed by atoms with Gasteiger partial charge in [-0.25, -0.2) is 0 Å². The SMILES string of the molecule is CC(N)CCC(=O)N1CC(O)(C(C)C)C1. The van der Waals surface area contributed by atoms with E-state index >= 15 is 0 Å². The maximum Gasteiger partial charge on any atom is 0.222 e. The molecule has 1 atom stereocenters. The Kier molecular flexibility index (Phi) is 3.73. The van der Waals surface area contributed by atoms with Crippen LogP contribution in [0.15, 0.2) is 0 Å². The summed E-state index contributed by atoms with van der Waals surface area (Å²) >= 11 is 0. The summed E-state index contributed by atoms with van der Waals surface area (Å²) < 4.78 is 0. The van der Waals surface area contributed by atoms with Gasteiger partial charge in [-0.3, -0.25) is 4.79 Å². The topological polar surface area (TPSA) is 66.6 Å². The molecular weight excluding hydrogens is 192 g/mol. The van der Waals surface area contributed by atoms with Gasteiger partial charge in [0.15, 0.2) is 0 Å². The molecule has 4 heteroatoms. The fourth-order valence-corrected chi connectivity index (χ4v) is 1.67. The van der Waals surface area contributed by atoms with Gasteiger partial charge in [-0.1, -0.05) is 13.8 Å². The van der Waals surface area contributed by atoms with E-state index < -0.39 is 5.60 Å². The van der Waals surface area contributed by atoms with Crippen molar-refractivity contribution in [1.82, 2.24) is 4.90 Å². The molecule has 1 unspecified atom stereocenters. The molecule has 3 N–H and O–H groups in total. The number of hydrogen-bond donors (Lipinski definition) is 2. The summed E-state index contributed by atoms with van der Waals surface area (Å²) in [6.07, 6.45) is 1.21. The van der Waals surface area contributed by atoms with Crippen LogP contribution in [-0.2, 0) is 4.79 Å². The quantitative estimate of drug-likeness (QED) is 0.709. The van der Waals surface area contributed by atoms with E-state index in [4.69, 9.17) is 5.73 Å². The Morgan fingerprint density at radius 3 is 2.40 bits per heavy atom. The van der Waals surface area contributed by atoms with Crippen LogP contribution in [0.5, 0.6) is 0 Å². The third kappa shape index (κ3) is 2.92. The monoisotopic (exact) mass is 214 g/mol. The lowest BCUT2D eigenvalue weighted by Crippen LogP contribution is -2.66. The summed E-state index contributed by atoms with van der Waals surface area (Å²) in [6, 6.07) is 0.0687. The number of carbonyl (C=O) groups excluding carboxylic acids is 1. The van der Waals surface area contributed by atoms with Crippen LogP contribution in [0.4, 0.5) is 0 Å². The van der Waals surface area contributed by atoms with Gasteiger partial charge in [0.25, 0.3) is 0 Å². The first-order chi connectivity index (χ1) is 6.85. The standard InChI is InChI=1S/C11H22N2O2/c1-8(2)11(15)6-13(7-11)10(14)5-4-9(3)12/h8-9,15H,4-7,12H2,1-3H3. The van der Waals surface area contributed by atoms with Crippen molar-refractivity contribution < 1.29 is 9.90 Å². The molecule has 0 aromatic rings. The van der Waals surface area contributed by atoms with Gasteiger partial charge in [0.1, 0.15) is 5.60 Å². The predicted molar refractivity (Wildman–Crippen MR) is 59.3 cm³/mol. The van der Waals surface area contributed by atoms with E-state index in [9.17, 15) is 9.90 Å². The fraction of sp³-hybridized carbons (Fsp3) is 0.909. The highest BCUT2D eigenvalue weighted by Crippen LogP contribution is 2.29. The number of aliphatic hydroxyl groups is 1. The van der Waals surface area contributed by atoms with Crippen molar-refractivity contribution in [1.29, 1.82) is 0 Å². The molecule has 0 spiro atoms. The van der Waals surface area contributed by atoms with Crippen LogP contribution in [0, 0.1) is 5.92 Å². The van der Waals surface area contributed by atoms with Crippen LogP contribution < -0.4 is 5.73 Å². The summed E-state index contributed by atoms with van der Waals surface area (Å²) in [5.74, 6) is 0.313. The van der Waals surface area contributed by atoms with E-state index in [2.05, 4.69) is 0 Å². The van der Waals surface area contributed by atoms with Gasteiger partial charge >= 0.3 is 0 Å². The average molecular weight is 214 g/mol. The molecule has 1 rings (SSSR count). The third-order valence-electron chi connectivity index (χ3n) is 3.17. The Bertz CT molecular complexity index is 233. The van der Waals surface area contributed by atoms with E-state index in [1.54, 1.807) is 4.90 Å². The number of hydrogen-bond acceptors (Lipinski definition) is 3. The van der Waals surface area contributed by atoms with Crippen molar-refractivity contribution in [3.8, 4) is 0 Å². The van der Waals surface area contributed by atoms with E-state index in [1.165, 1.54) is 0 Å². The predicted octanol–water partition coefficient (Wildman–Crippen LogP) is 0.343. The molecule has 1 saturated heterocycles. The number of nitrogens with zero attached hydrogens (tertiary/aromatic N) is 1. The molecule has 0 aromatic heterocycles. The van der Waals surface area contributed by atoms with Crippen molar-refractivity contribution >= 4 is 5.91 Å². The Hall–Kier alpha value is -0.610. The van der Waals surface area contributed by atoms with E-state index in [-0.39, 0.29) is 17.9 Å². The Morgan fingerprint density at radius 2 is 2.00 bits per heavy atom. The molecule has 15 heavy (non-hydrogen) atoms. The van der Waals surface area contributed by atoms with Crippen LogP contribution in [0.2, 0.25) is 0 Å². The van der Waals surface area contributed by atoms with Gasteiger partial charge in [0, 0.05) is 12.5 Å². The average Bonchev–Trinajstić information content (AvgIpc) is 2.08. The molecule has 1 aliphatic heterocycles. The van der Waals surface area contributed by atoms with E-state index in [1.807, 2.05) is 20.8 Å². The molecule has 4 nitrogen and oxygen atoms in total. The zero-order valence-corrected chi connectivity index (χ0v) is 9.86. The lowest BCUT2D eigenvalue weighted by atomic mass is 9.83. The third-order valence-corrected chi connectivity index (χ3v) is 3.17. The molecule has 1 aliphatic rings. The zero-order chi connectivity index (χ0) is 11.6. The second-order valence-electron chi connectivity index (χ2n) is 5.02. The Balaban J connectivity index is 2.29. The zero-order valence-electron chi connectivity index (χ0n) is 9.86. The maximum atomic E-state index is 11.6. The highest BCUT2D eigenvalue weighted by Gasteiger charge is 2.45. The van der Waals surface area contributed by atoms with E-state index in [0.717, 1.165) is 6.42 Å². The molecule has 0 aromatic carbocycles. The number of β-amino-alcohol motifs (C(OH)–C–C–N with tert-alkyl or cyclic N) is 1. The number of rotatable bonds is 4. The van der Waals surface area contributed by atoms with Gasteiger partial charge in [0.05, 0.1) is 13.1 Å². The van der Waals surface area contributed by atoms with Gasteiger partial charge in [-0.15, -0.1) is 0 Å². The number of nitrogens with two attached hydrogens (primary N) is 1. The van der Waals surface area contributed by atoms with E-state index in [0.29, 0.717) is 19.5 Å². The van der Waals surface area contributed by atoms with Crippen molar-refractivity contribution in [2.45, 2.75) is 45.3 Å². The minimum absolute atomic E-state index is 0.0687. The molecule has 0 saturated carbocycles. The smallest absolute Gasteiger partial charge is 0.222 e. The maximum absolute atomic E-state index is 11.6. The first-order valence-corrected chi connectivity index (χ1v) is 5.61.